The van der Waals surface area contributed by atoms with Gasteiger partial charge in [-0.1, -0.05) is 42.1 Å². The molecule has 4 nitrogen and oxygen atoms in total. The van der Waals surface area contributed by atoms with Crippen LogP contribution in [0.25, 0.3) is 0 Å². The van der Waals surface area contributed by atoms with E-state index < -0.39 is 0 Å². The third-order valence-corrected chi connectivity index (χ3v) is 5.85. The van der Waals surface area contributed by atoms with E-state index in [0.29, 0.717) is 17.8 Å². The lowest BCUT2D eigenvalue weighted by atomic mass is 9.98. The fraction of sp³-hybridized carbons (Fsp3) is 0.500. The van der Waals surface area contributed by atoms with E-state index >= 15 is 0 Å². The Labute approximate surface area is 154 Å². The fourth-order valence-electron chi connectivity index (χ4n) is 3.61. The number of carbonyl (C=O) groups excluding carboxylic acids is 1. The summed E-state index contributed by atoms with van der Waals surface area (Å²) in [7, 11) is 0. The molecule has 134 valence electrons. The number of rotatable bonds is 5. The Kier molecular flexibility index (Phi) is 5.84. The normalized spacial score (nSPS) is 20.7. The Morgan fingerprint density at radius 2 is 1.92 bits per heavy atom. The fourth-order valence-corrected chi connectivity index (χ4v) is 4.42. The average molecular weight is 358 g/mol. The first-order valence-corrected chi connectivity index (χ1v) is 10.1. The van der Waals surface area contributed by atoms with E-state index in [4.69, 9.17) is 4.98 Å². The zero-order chi connectivity index (χ0) is 17.8. The van der Waals surface area contributed by atoms with E-state index in [9.17, 15) is 4.79 Å². The first-order chi connectivity index (χ1) is 12.0. The summed E-state index contributed by atoms with van der Waals surface area (Å²) in [6.45, 7) is 6.37. The summed E-state index contributed by atoms with van der Waals surface area (Å²) >= 11 is 1.51. The minimum absolute atomic E-state index is 0.225. The molecule has 2 unspecified atom stereocenters. The van der Waals surface area contributed by atoms with Crippen LogP contribution in [0.3, 0.4) is 0 Å². The number of aryl methyl sites for hydroxylation is 1. The Morgan fingerprint density at radius 3 is 2.60 bits per heavy atom. The quantitative estimate of drug-likeness (QED) is 0.816. The first-order valence-electron chi connectivity index (χ1n) is 9.08. The number of carbonyl (C=O) groups is 1. The van der Waals surface area contributed by atoms with Crippen LogP contribution in [0, 0.1) is 6.92 Å². The van der Waals surface area contributed by atoms with Gasteiger partial charge < -0.3 is 9.88 Å². The molecule has 1 N–H and O–H groups in total. The molecule has 1 amide bonds. The number of hydrogen-bond donors (Lipinski definition) is 1. The number of aromatic nitrogens is 2. The van der Waals surface area contributed by atoms with E-state index in [1.165, 1.54) is 23.7 Å². The molecule has 0 bridgehead atoms. The molecule has 1 saturated heterocycles. The highest BCUT2D eigenvalue weighted by Gasteiger charge is 2.28. The molecule has 1 aromatic carbocycles. The maximum Gasteiger partial charge on any atom is 0.233 e. The number of hydrogen-bond acceptors (Lipinski definition) is 3. The van der Waals surface area contributed by atoms with Gasteiger partial charge in [-0.25, -0.2) is 4.98 Å². The lowest BCUT2D eigenvalue weighted by Crippen LogP contribution is -2.48. The van der Waals surface area contributed by atoms with E-state index in [1.54, 1.807) is 0 Å². The lowest BCUT2D eigenvalue weighted by Gasteiger charge is -2.39. The van der Waals surface area contributed by atoms with Gasteiger partial charge in [-0.2, -0.15) is 0 Å². The van der Waals surface area contributed by atoms with Gasteiger partial charge in [0, 0.05) is 24.2 Å². The SMILES string of the molecule is Cc1[nH]c(SCC(=O)N2C(C)CCCC2C)nc1Cc1ccccc1. The van der Waals surface area contributed by atoms with Crippen LogP contribution in [0.2, 0.25) is 0 Å². The molecule has 0 aliphatic carbocycles. The van der Waals surface area contributed by atoms with Crippen LogP contribution >= 0.6 is 11.8 Å². The predicted octanol–water partition coefficient (Wildman–Crippen LogP) is 4.19. The summed E-state index contributed by atoms with van der Waals surface area (Å²) in [5, 5.41) is 0.842. The van der Waals surface area contributed by atoms with Crippen molar-refractivity contribution in [2.75, 3.05) is 5.75 Å². The van der Waals surface area contributed by atoms with Gasteiger partial charge in [0.1, 0.15) is 0 Å². The number of nitrogens with zero attached hydrogens (tertiary/aromatic N) is 2. The third kappa shape index (κ3) is 4.46. The van der Waals surface area contributed by atoms with Crippen molar-refractivity contribution in [1.82, 2.24) is 14.9 Å². The van der Waals surface area contributed by atoms with Gasteiger partial charge in [-0.15, -0.1) is 0 Å². The van der Waals surface area contributed by atoms with Crippen molar-refractivity contribution < 1.29 is 4.79 Å². The van der Waals surface area contributed by atoms with E-state index in [-0.39, 0.29) is 5.91 Å². The van der Waals surface area contributed by atoms with E-state index in [1.807, 2.05) is 25.1 Å². The van der Waals surface area contributed by atoms with Crippen molar-refractivity contribution in [3.63, 3.8) is 0 Å². The molecule has 5 heteroatoms. The molecule has 0 spiro atoms. The second-order valence-corrected chi connectivity index (χ2v) is 7.96. The summed E-state index contributed by atoms with van der Waals surface area (Å²) in [6, 6.07) is 11.1. The molecule has 2 atom stereocenters. The topological polar surface area (TPSA) is 49.0 Å². The molecule has 1 aliphatic rings. The van der Waals surface area contributed by atoms with Crippen molar-refractivity contribution in [1.29, 1.82) is 0 Å². The molecule has 1 aliphatic heterocycles. The second-order valence-electron chi connectivity index (χ2n) is 6.99. The smallest absolute Gasteiger partial charge is 0.233 e. The molecule has 0 saturated carbocycles. The van der Waals surface area contributed by atoms with Crippen molar-refractivity contribution in [2.24, 2.45) is 0 Å². The van der Waals surface area contributed by atoms with E-state index in [2.05, 4.69) is 35.9 Å². The summed E-state index contributed by atoms with van der Waals surface area (Å²) < 4.78 is 0. The monoisotopic (exact) mass is 357 g/mol. The number of aromatic amines is 1. The molecule has 1 fully saturated rings. The van der Waals surface area contributed by atoms with Gasteiger partial charge >= 0.3 is 0 Å². The predicted molar refractivity (Wildman–Crippen MR) is 103 cm³/mol. The first kappa shape index (κ1) is 18.1. The maximum atomic E-state index is 12.6. The summed E-state index contributed by atoms with van der Waals surface area (Å²) in [6.07, 6.45) is 4.26. The molecule has 1 aromatic heterocycles. The van der Waals surface area contributed by atoms with Crippen LogP contribution < -0.4 is 0 Å². The van der Waals surface area contributed by atoms with Crippen LogP contribution in [0.1, 0.15) is 50.1 Å². The van der Waals surface area contributed by atoms with Crippen LogP contribution in [-0.4, -0.2) is 38.6 Å². The van der Waals surface area contributed by atoms with Crippen LogP contribution in [0.5, 0.6) is 0 Å². The Morgan fingerprint density at radius 1 is 1.24 bits per heavy atom. The number of nitrogens with one attached hydrogen (secondary N) is 1. The minimum Gasteiger partial charge on any atom is -0.337 e. The Balaban J connectivity index is 1.60. The van der Waals surface area contributed by atoms with Gasteiger partial charge in [-0.05, 0) is 45.6 Å². The van der Waals surface area contributed by atoms with Crippen molar-refractivity contribution >= 4 is 17.7 Å². The van der Waals surface area contributed by atoms with Gasteiger partial charge in [-0.3, -0.25) is 4.79 Å². The van der Waals surface area contributed by atoms with E-state index in [0.717, 1.165) is 35.8 Å². The Bertz CT molecular complexity index is 703. The summed E-state index contributed by atoms with van der Waals surface area (Å²) in [5.41, 5.74) is 3.39. The van der Waals surface area contributed by atoms with Crippen molar-refractivity contribution in [3.05, 3.63) is 47.3 Å². The van der Waals surface area contributed by atoms with Crippen LogP contribution in [-0.2, 0) is 11.2 Å². The summed E-state index contributed by atoms with van der Waals surface area (Å²) in [4.78, 5) is 22.7. The average Bonchev–Trinajstić information content (AvgIpc) is 2.93. The molecule has 0 radical (unpaired) electrons. The largest absolute Gasteiger partial charge is 0.337 e. The zero-order valence-electron chi connectivity index (χ0n) is 15.3. The van der Waals surface area contributed by atoms with Crippen molar-refractivity contribution in [3.8, 4) is 0 Å². The van der Waals surface area contributed by atoms with Crippen molar-refractivity contribution in [2.45, 2.75) is 63.7 Å². The highest BCUT2D eigenvalue weighted by Crippen LogP contribution is 2.25. The maximum absolute atomic E-state index is 12.6. The number of benzene rings is 1. The van der Waals surface area contributed by atoms with Gasteiger partial charge in [0.15, 0.2) is 5.16 Å². The van der Waals surface area contributed by atoms with Gasteiger partial charge in [0.2, 0.25) is 5.91 Å². The lowest BCUT2D eigenvalue weighted by molar-refractivity contribution is -0.134. The summed E-state index contributed by atoms with van der Waals surface area (Å²) in [5.74, 6) is 0.676. The molecule has 2 aromatic rings. The number of amides is 1. The molecular formula is C20H27N3OS. The third-order valence-electron chi connectivity index (χ3n) is 4.99. The highest BCUT2D eigenvalue weighted by atomic mass is 32.2. The highest BCUT2D eigenvalue weighted by molar-refractivity contribution is 7.99. The number of thioether (sulfide) groups is 1. The molecule has 25 heavy (non-hydrogen) atoms. The molecule has 3 rings (SSSR count). The zero-order valence-corrected chi connectivity index (χ0v) is 16.1. The standard InChI is InChI=1S/C20H27N3OS/c1-14-8-7-9-15(2)23(14)19(24)13-25-20-21-16(3)18(22-20)12-17-10-5-4-6-11-17/h4-6,10-11,14-15H,7-9,12-13H2,1-3H3,(H,21,22). The number of imidazole rings is 1. The molecular weight excluding hydrogens is 330 g/mol. The minimum atomic E-state index is 0.225. The van der Waals surface area contributed by atoms with Crippen LogP contribution in [0.4, 0.5) is 0 Å². The van der Waals surface area contributed by atoms with Gasteiger partial charge in [0.25, 0.3) is 0 Å². The van der Waals surface area contributed by atoms with Gasteiger partial charge in [0.05, 0.1) is 11.4 Å². The second kappa shape index (κ2) is 8.09. The number of likely N-dealkylation sites (tertiary alicyclic amines) is 1. The number of H-pyrrole nitrogens is 1. The Hall–Kier alpha value is -1.75. The molecule has 2 heterocycles. The van der Waals surface area contributed by atoms with Crippen LogP contribution in [0.15, 0.2) is 35.5 Å². The number of piperidine rings is 1.